The Kier molecular flexibility index (Phi) is 6.38. The number of aromatic nitrogens is 3. The van der Waals surface area contributed by atoms with Crippen molar-refractivity contribution in [3.8, 4) is 11.6 Å². The minimum atomic E-state index is -0.0324. The number of nitrogens with one attached hydrogen (secondary N) is 1. The molecule has 0 saturated heterocycles. The van der Waals surface area contributed by atoms with Gasteiger partial charge in [-0.3, -0.25) is 9.36 Å². The molecule has 0 saturated carbocycles. The molecular weight excluding hydrogens is 396 g/mol. The molecule has 0 fully saturated rings. The lowest BCUT2D eigenvalue weighted by Crippen LogP contribution is -2.28. The average molecular weight is 423 g/mol. The highest BCUT2D eigenvalue weighted by Gasteiger charge is 2.18. The minimum Gasteiger partial charge on any atom is -0.461 e. The van der Waals surface area contributed by atoms with Crippen LogP contribution in [0.25, 0.3) is 11.6 Å². The van der Waals surface area contributed by atoms with Gasteiger partial charge < -0.3 is 9.73 Å². The number of aryl methyl sites for hydroxylation is 2. The van der Waals surface area contributed by atoms with Crippen LogP contribution in [0, 0.1) is 0 Å². The van der Waals surface area contributed by atoms with Gasteiger partial charge in [-0.25, -0.2) is 0 Å². The van der Waals surface area contributed by atoms with E-state index in [0.29, 0.717) is 23.3 Å². The van der Waals surface area contributed by atoms with E-state index in [0.717, 1.165) is 12.0 Å². The Balaban J connectivity index is 1.38. The third kappa shape index (κ3) is 4.51. The van der Waals surface area contributed by atoms with Gasteiger partial charge in [-0.2, -0.15) is 0 Å². The smallest absolute Gasteiger partial charge is 0.230 e. The summed E-state index contributed by atoms with van der Waals surface area (Å²) in [6.45, 7) is 6.37. The number of amides is 1. The zero-order chi connectivity index (χ0) is 20.9. The van der Waals surface area contributed by atoms with Gasteiger partial charge in [-0.1, -0.05) is 36.0 Å². The summed E-state index contributed by atoms with van der Waals surface area (Å²) in [5.74, 6) is 1.51. The lowest BCUT2D eigenvalue weighted by Gasteiger charge is -2.20. The molecule has 0 bridgehead atoms. The Bertz CT molecular complexity index is 1030. The first-order valence-corrected chi connectivity index (χ1v) is 11.3. The Morgan fingerprint density at radius 3 is 2.90 bits per heavy atom. The molecule has 0 radical (unpaired) electrons. The fourth-order valence-corrected chi connectivity index (χ4v) is 4.56. The number of nitrogens with zero attached hydrogens (tertiary/aromatic N) is 3. The predicted molar refractivity (Wildman–Crippen MR) is 118 cm³/mol. The van der Waals surface area contributed by atoms with Crippen LogP contribution in [0.3, 0.4) is 0 Å². The highest BCUT2D eigenvalue weighted by molar-refractivity contribution is 7.99. The van der Waals surface area contributed by atoms with Crippen molar-refractivity contribution in [2.75, 3.05) is 5.75 Å². The molecule has 6 nitrogen and oxygen atoms in total. The SMILES string of the molecule is C=CCn1c(SCC(=O)NC(C)c2ccc3c(c2)CCCC3)nnc1-c1ccco1. The Hall–Kier alpha value is -2.80. The molecular formula is C23H26N4O2S. The van der Waals surface area contributed by atoms with Gasteiger partial charge in [-0.05, 0) is 61.4 Å². The molecule has 1 aromatic carbocycles. The fraction of sp³-hybridized carbons (Fsp3) is 0.348. The summed E-state index contributed by atoms with van der Waals surface area (Å²) >= 11 is 1.36. The van der Waals surface area contributed by atoms with E-state index in [4.69, 9.17) is 4.42 Å². The van der Waals surface area contributed by atoms with Crippen molar-refractivity contribution in [1.82, 2.24) is 20.1 Å². The summed E-state index contributed by atoms with van der Waals surface area (Å²) < 4.78 is 7.34. The van der Waals surface area contributed by atoms with Crippen molar-refractivity contribution in [3.63, 3.8) is 0 Å². The van der Waals surface area contributed by atoms with E-state index in [-0.39, 0.29) is 17.7 Å². The molecule has 1 aliphatic carbocycles. The minimum absolute atomic E-state index is 0.0297. The van der Waals surface area contributed by atoms with Crippen molar-refractivity contribution in [2.45, 2.75) is 50.4 Å². The number of hydrogen-bond donors (Lipinski definition) is 1. The highest BCUT2D eigenvalue weighted by Crippen LogP contribution is 2.26. The van der Waals surface area contributed by atoms with Crippen molar-refractivity contribution in [1.29, 1.82) is 0 Å². The maximum absolute atomic E-state index is 12.6. The lowest BCUT2D eigenvalue weighted by molar-refractivity contribution is -0.119. The summed E-state index contributed by atoms with van der Waals surface area (Å²) in [5.41, 5.74) is 4.04. The van der Waals surface area contributed by atoms with E-state index >= 15 is 0 Å². The first-order valence-electron chi connectivity index (χ1n) is 10.3. The maximum Gasteiger partial charge on any atom is 0.230 e. The van der Waals surface area contributed by atoms with Crippen LogP contribution < -0.4 is 5.32 Å². The Morgan fingerprint density at radius 2 is 2.13 bits per heavy atom. The van der Waals surface area contributed by atoms with Crippen LogP contribution in [-0.4, -0.2) is 26.4 Å². The third-order valence-corrected chi connectivity index (χ3v) is 6.32. The molecule has 3 aromatic rings. The normalized spacial score (nSPS) is 14.2. The monoisotopic (exact) mass is 422 g/mol. The molecule has 1 aliphatic rings. The van der Waals surface area contributed by atoms with Crippen LogP contribution in [0.2, 0.25) is 0 Å². The topological polar surface area (TPSA) is 73.0 Å². The molecule has 1 amide bonds. The van der Waals surface area contributed by atoms with Crippen LogP contribution in [-0.2, 0) is 24.2 Å². The predicted octanol–water partition coefficient (Wildman–Crippen LogP) is 4.57. The van der Waals surface area contributed by atoms with Crippen LogP contribution in [0.4, 0.5) is 0 Å². The van der Waals surface area contributed by atoms with Gasteiger partial charge >= 0.3 is 0 Å². The second-order valence-electron chi connectivity index (χ2n) is 7.50. The number of allylic oxidation sites excluding steroid dienone is 1. The molecule has 1 unspecified atom stereocenters. The Labute approximate surface area is 180 Å². The quantitative estimate of drug-likeness (QED) is 0.425. The molecule has 4 rings (SSSR count). The number of carbonyl (C=O) groups excluding carboxylic acids is 1. The molecule has 30 heavy (non-hydrogen) atoms. The maximum atomic E-state index is 12.6. The Morgan fingerprint density at radius 1 is 1.30 bits per heavy atom. The molecule has 1 atom stereocenters. The summed E-state index contributed by atoms with van der Waals surface area (Å²) in [7, 11) is 0. The largest absolute Gasteiger partial charge is 0.461 e. The number of rotatable bonds is 8. The number of furan rings is 1. The van der Waals surface area contributed by atoms with E-state index in [1.54, 1.807) is 12.3 Å². The highest BCUT2D eigenvalue weighted by atomic mass is 32.2. The number of hydrogen-bond acceptors (Lipinski definition) is 5. The summed E-state index contributed by atoms with van der Waals surface area (Å²) in [6, 6.07) is 10.2. The summed E-state index contributed by atoms with van der Waals surface area (Å²) in [4.78, 5) is 12.6. The van der Waals surface area contributed by atoms with Crippen molar-refractivity contribution < 1.29 is 9.21 Å². The first-order chi connectivity index (χ1) is 14.7. The van der Waals surface area contributed by atoms with E-state index < -0.39 is 0 Å². The number of carbonyl (C=O) groups is 1. The standard InChI is InChI=1S/C23H26N4O2S/c1-3-12-27-22(20-9-6-13-29-20)25-26-23(27)30-15-21(28)24-16(2)18-11-10-17-7-4-5-8-19(17)14-18/h3,6,9-11,13-14,16H,1,4-5,7-8,12,15H2,2H3,(H,24,28). The molecule has 7 heteroatoms. The van der Waals surface area contributed by atoms with E-state index in [1.807, 2.05) is 23.6 Å². The lowest BCUT2D eigenvalue weighted by atomic mass is 9.89. The molecule has 2 heterocycles. The number of thioether (sulfide) groups is 1. The van der Waals surface area contributed by atoms with E-state index in [1.165, 1.54) is 42.2 Å². The van der Waals surface area contributed by atoms with E-state index in [2.05, 4.69) is 40.3 Å². The van der Waals surface area contributed by atoms with Gasteiger partial charge in [0.25, 0.3) is 0 Å². The molecule has 2 aromatic heterocycles. The van der Waals surface area contributed by atoms with Gasteiger partial charge in [0.05, 0.1) is 18.1 Å². The summed E-state index contributed by atoms with van der Waals surface area (Å²) in [6.07, 6.45) is 8.20. The van der Waals surface area contributed by atoms with E-state index in [9.17, 15) is 4.79 Å². The van der Waals surface area contributed by atoms with Crippen LogP contribution in [0.1, 0.15) is 42.5 Å². The van der Waals surface area contributed by atoms with Gasteiger partial charge in [0.2, 0.25) is 11.7 Å². The second-order valence-corrected chi connectivity index (χ2v) is 8.44. The summed E-state index contributed by atoms with van der Waals surface area (Å²) in [5, 5.41) is 12.2. The molecule has 0 aliphatic heterocycles. The van der Waals surface area contributed by atoms with Crippen LogP contribution in [0.15, 0.2) is 58.8 Å². The van der Waals surface area contributed by atoms with Gasteiger partial charge in [0.1, 0.15) is 0 Å². The molecule has 1 N–H and O–H groups in total. The number of fused-ring (bicyclic) bond motifs is 1. The zero-order valence-electron chi connectivity index (χ0n) is 17.1. The third-order valence-electron chi connectivity index (χ3n) is 5.35. The first kappa shape index (κ1) is 20.5. The molecule has 0 spiro atoms. The van der Waals surface area contributed by atoms with Crippen LogP contribution >= 0.6 is 11.8 Å². The number of benzene rings is 1. The second kappa shape index (κ2) is 9.34. The fourth-order valence-electron chi connectivity index (χ4n) is 3.80. The van der Waals surface area contributed by atoms with Gasteiger partial charge in [-0.15, -0.1) is 16.8 Å². The van der Waals surface area contributed by atoms with Crippen molar-refractivity contribution in [2.24, 2.45) is 0 Å². The van der Waals surface area contributed by atoms with Gasteiger partial charge in [0.15, 0.2) is 10.9 Å². The van der Waals surface area contributed by atoms with Crippen molar-refractivity contribution in [3.05, 3.63) is 65.9 Å². The average Bonchev–Trinajstić information content (AvgIpc) is 3.42. The molecule has 156 valence electrons. The zero-order valence-corrected chi connectivity index (χ0v) is 18.0. The van der Waals surface area contributed by atoms with Crippen molar-refractivity contribution >= 4 is 17.7 Å². The van der Waals surface area contributed by atoms with Crippen LogP contribution in [0.5, 0.6) is 0 Å². The van der Waals surface area contributed by atoms with Gasteiger partial charge in [0, 0.05) is 6.54 Å².